The molecule has 3 saturated heterocycles. The lowest BCUT2D eigenvalue weighted by Gasteiger charge is -2.48. The van der Waals surface area contributed by atoms with Gasteiger partial charge in [0, 0.05) is 43.2 Å². The largest absolute Gasteiger partial charge is 0.461 e. The number of ether oxygens (including phenoxy) is 6. The normalized spacial score (nSPS) is 45.6. The second kappa shape index (κ2) is 19.2. The molecule has 0 aromatic rings. The van der Waals surface area contributed by atoms with Gasteiger partial charge >= 0.3 is 11.9 Å². The first-order chi connectivity index (χ1) is 25.0. The van der Waals surface area contributed by atoms with Crippen molar-refractivity contribution in [3.63, 3.8) is 0 Å². The number of aliphatic hydroxyl groups is 3. The SMILES string of the molecule is CCC1OC(=O)[C@H](C)C(OC2CC(C)(C=O)C(OC(C)=O)C(C)O2)C(C)C(OC2OC(C)CC(N(C)C)C2O)[C@H](CO)CC(C)[C@H](C)[C@H](C)[C@@H](O)C1(C)C. The molecule has 13 nitrogen and oxygen atoms in total. The van der Waals surface area contributed by atoms with Crippen LogP contribution in [0, 0.1) is 46.3 Å². The van der Waals surface area contributed by atoms with Crippen LogP contribution in [0.25, 0.3) is 0 Å². The quantitative estimate of drug-likeness (QED) is 0.224. The van der Waals surface area contributed by atoms with Crippen molar-refractivity contribution in [1.29, 1.82) is 0 Å². The molecule has 13 unspecified atom stereocenters. The van der Waals surface area contributed by atoms with Gasteiger partial charge in [-0.3, -0.25) is 9.59 Å². The third-order valence-corrected chi connectivity index (χ3v) is 13.2. The second-order valence-corrected chi connectivity index (χ2v) is 18.0. The molecule has 54 heavy (non-hydrogen) atoms. The van der Waals surface area contributed by atoms with Crippen LogP contribution in [-0.2, 0) is 42.8 Å². The summed E-state index contributed by atoms with van der Waals surface area (Å²) in [6, 6.07) is -0.250. The van der Waals surface area contributed by atoms with Gasteiger partial charge in [-0.05, 0) is 78.8 Å². The van der Waals surface area contributed by atoms with Crippen LogP contribution in [0.15, 0.2) is 0 Å². The molecule has 3 heterocycles. The summed E-state index contributed by atoms with van der Waals surface area (Å²) in [5, 5.41) is 34.5. The molecule has 0 radical (unpaired) electrons. The molecular weight excluding hydrogens is 698 g/mol. The number of aliphatic hydroxyl groups excluding tert-OH is 3. The topological polar surface area (TPSA) is 171 Å². The number of esters is 2. The van der Waals surface area contributed by atoms with Crippen molar-refractivity contribution in [2.75, 3.05) is 20.7 Å². The molecule has 0 saturated carbocycles. The number of hydrogen-bond acceptors (Lipinski definition) is 13. The van der Waals surface area contributed by atoms with Gasteiger partial charge in [0.2, 0.25) is 0 Å². The van der Waals surface area contributed by atoms with Gasteiger partial charge in [0.05, 0.1) is 41.9 Å². The van der Waals surface area contributed by atoms with Crippen LogP contribution in [0.1, 0.15) is 109 Å². The predicted octanol–water partition coefficient (Wildman–Crippen LogP) is 4.36. The third kappa shape index (κ3) is 10.4. The number of rotatable bonds is 9. The van der Waals surface area contributed by atoms with Crippen molar-refractivity contribution in [3.05, 3.63) is 0 Å². The highest BCUT2D eigenvalue weighted by Crippen LogP contribution is 2.44. The molecule has 0 spiro atoms. The average molecular weight is 772 g/mol. The Morgan fingerprint density at radius 3 is 2.11 bits per heavy atom. The Labute approximate surface area is 324 Å². The van der Waals surface area contributed by atoms with Gasteiger partial charge in [-0.15, -0.1) is 0 Å². The van der Waals surface area contributed by atoms with E-state index >= 15 is 0 Å². The van der Waals surface area contributed by atoms with E-state index in [1.807, 2.05) is 60.5 Å². The van der Waals surface area contributed by atoms with Crippen molar-refractivity contribution >= 4 is 18.2 Å². The fraction of sp³-hybridized carbons (Fsp3) is 0.927. The maximum atomic E-state index is 14.3. The summed E-state index contributed by atoms with van der Waals surface area (Å²) in [4.78, 5) is 40.9. The van der Waals surface area contributed by atoms with Gasteiger partial charge in [0.1, 0.15) is 24.6 Å². The van der Waals surface area contributed by atoms with E-state index in [0.29, 0.717) is 19.3 Å². The summed E-state index contributed by atoms with van der Waals surface area (Å²) < 4.78 is 38.0. The molecular formula is C41H73NO12. The molecule has 3 aliphatic rings. The number of aldehydes is 1. The first-order valence-corrected chi connectivity index (χ1v) is 20.1. The van der Waals surface area contributed by atoms with E-state index in [1.54, 1.807) is 20.8 Å². The summed E-state index contributed by atoms with van der Waals surface area (Å²) in [5.74, 6) is -3.27. The van der Waals surface area contributed by atoms with E-state index in [0.717, 1.165) is 6.29 Å². The van der Waals surface area contributed by atoms with Crippen molar-refractivity contribution in [1.82, 2.24) is 4.90 Å². The molecule has 3 fully saturated rings. The number of cyclic esters (lactones) is 1. The van der Waals surface area contributed by atoms with Gasteiger partial charge in [-0.2, -0.15) is 0 Å². The van der Waals surface area contributed by atoms with E-state index in [4.69, 9.17) is 28.4 Å². The van der Waals surface area contributed by atoms with Crippen molar-refractivity contribution in [2.45, 2.75) is 176 Å². The van der Waals surface area contributed by atoms with E-state index in [9.17, 15) is 29.7 Å². The van der Waals surface area contributed by atoms with E-state index in [-0.39, 0.29) is 42.9 Å². The number of carbonyl (C=O) groups excluding carboxylic acids is 3. The lowest BCUT2D eigenvalue weighted by atomic mass is 9.68. The molecule has 0 amide bonds. The van der Waals surface area contributed by atoms with Crippen LogP contribution in [0.2, 0.25) is 0 Å². The number of hydrogen-bond donors (Lipinski definition) is 3. The second-order valence-electron chi connectivity index (χ2n) is 18.0. The van der Waals surface area contributed by atoms with Crippen molar-refractivity contribution < 1.29 is 58.1 Å². The molecule has 18 atom stereocenters. The molecule has 0 aromatic heterocycles. The summed E-state index contributed by atoms with van der Waals surface area (Å²) in [6.45, 7) is 22.0. The van der Waals surface area contributed by atoms with Crippen molar-refractivity contribution in [3.8, 4) is 0 Å². The maximum Gasteiger partial charge on any atom is 0.311 e. The predicted molar refractivity (Wildman–Crippen MR) is 202 cm³/mol. The average Bonchev–Trinajstić information content (AvgIpc) is 3.11. The van der Waals surface area contributed by atoms with Crippen LogP contribution in [0.4, 0.5) is 0 Å². The summed E-state index contributed by atoms with van der Waals surface area (Å²) in [5.41, 5.74) is -1.95. The molecule has 0 aliphatic carbocycles. The van der Waals surface area contributed by atoms with Gasteiger partial charge < -0.3 is 53.4 Å². The lowest BCUT2D eigenvalue weighted by molar-refractivity contribution is -0.301. The first kappa shape index (κ1) is 46.7. The highest BCUT2D eigenvalue weighted by molar-refractivity contribution is 5.73. The number of nitrogens with zero attached hydrogens (tertiary/aromatic N) is 1. The zero-order chi connectivity index (χ0) is 41.0. The molecule has 0 aromatic carbocycles. The van der Waals surface area contributed by atoms with E-state index in [1.165, 1.54) is 6.92 Å². The van der Waals surface area contributed by atoms with E-state index < -0.39 is 95.8 Å². The van der Waals surface area contributed by atoms with Gasteiger partial charge in [0.15, 0.2) is 12.6 Å². The summed E-state index contributed by atoms with van der Waals surface area (Å²) in [7, 11) is 3.79. The van der Waals surface area contributed by atoms with Crippen LogP contribution in [0.5, 0.6) is 0 Å². The Bertz CT molecular complexity index is 1230. The highest BCUT2D eigenvalue weighted by Gasteiger charge is 2.52. The third-order valence-electron chi connectivity index (χ3n) is 13.2. The van der Waals surface area contributed by atoms with Gasteiger partial charge in [-0.25, -0.2) is 0 Å². The van der Waals surface area contributed by atoms with Crippen LogP contribution in [-0.4, -0.2) is 127 Å². The molecule has 3 aliphatic heterocycles. The minimum atomic E-state index is -1.15. The summed E-state index contributed by atoms with van der Waals surface area (Å²) in [6.07, 6.45) is -5.66. The number of likely N-dealkylation sites (N-methyl/N-ethyl adjacent to an activating group) is 1. The lowest BCUT2D eigenvalue weighted by Crippen LogP contribution is -2.58. The highest BCUT2D eigenvalue weighted by atomic mass is 16.7. The van der Waals surface area contributed by atoms with Crippen LogP contribution in [0.3, 0.4) is 0 Å². The van der Waals surface area contributed by atoms with Crippen molar-refractivity contribution in [2.24, 2.45) is 46.3 Å². The molecule has 3 N–H and O–H groups in total. The maximum absolute atomic E-state index is 14.3. The Kier molecular flexibility index (Phi) is 16.6. The van der Waals surface area contributed by atoms with E-state index in [2.05, 4.69) is 13.8 Å². The Morgan fingerprint density at radius 2 is 1.57 bits per heavy atom. The van der Waals surface area contributed by atoms with Gasteiger partial charge in [-0.1, -0.05) is 48.5 Å². The molecule has 314 valence electrons. The minimum absolute atomic E-state index is 0.00405. The zero-order valence-corrected chi connectivity index (χ0v) is 35.4. The van der Waals surface area contributed by atoms with Crippen LogP contribution < -0.4 is 0 Å². The van der Waals surface area contributed by atoms with Crippen LogP contribution >= 0.6 is 0 Å². The molecule has 0 bridgehead atoms. The minimum Gasteiger partial charge on any atom is -0.461 e. The fourth-order valence-corrected chi connectivity index (χ4v) is 9.33. The molecule has 13 heteroatoms. The summed E-state index contributed by atoms with van der Waals surface area (Å²) >= 11 is 0. The molecule has 3 rings (SSSR count). The first-order valence-electron chi connectivity index (χ1n) is 20.1. The Morgan fingerprint density at radius 1 is 0.944 bits per heavy atom. The van der Waals surface area contributed by atoms with Gasteiger partial charge in [0.25, 0.3) is 0 Å². The smallest absolute Gasteiger partial charge is 0.311 e. The number of carbonyl (C=O) groups is 3. The Hall–Kier alpha value is -1.71. The Balaban J connectivity index is 2.18. The zero-order valence-electron chi connectivity index (χ0n) is 35.4. The standard InChI is InChI=1S/C41H73NO12/c1-15-31-40(10,11)36(47)24(5)23(4)21(2)16-29(19-43)35(54-39-33(46)30(42(13)14)17-22(3)49-39)25(6)34(26(7)38(48)52-31)53-32-18-41(12,20-44)37(27(8)50-32)51-28(9)45/h20-27,29-37,39,43,46-47H,15-19H2,1-14H3/t21?,22?,23-,24-,25?,26+,27?,29-,30?,31?,32?,33?,34?,35?,36+,37?,39?,41?/m0/s1. The fourth-order valence-electron chi connectivity index (χ4n) is 9.33. The monoisotopic (exact) mass is 772 g/mol.